The molecule has 3 N–H and O–H groups in total. The maximum atomic E-state index is 12.0. The molecule has 0 saturated heterocycles. The molecule has 0 aliphatic carbocycles. The molecule has 0 aliphatic rings. The van der Waals surface area contributed by atoms with Crippen LogP contribution in [0.25, 0.3) is 0 Å². The standard InChI is InChI=1S/C11H12N4O3S/c1-8(16)14-9-2-4-11(5-3-9)19(17,18)15-10-6-12-13-7-10/h2-7,15H,1H3,(H,12,13)(H,14,16). The Morgan fingerprint density at radius 1 is 1.21 bits per heavy atom. The molecule has 19 heavy (non-hydrogen) atoms. The minimum atomic E-state index is -3.65. The first kappa shape index (κ1) is 13.1. The average molecular weight is 280 g/mol. The van der Waals surface area contributed by atoms with Crippen LogP contribution in [-0.2, 0) is 14.8 Å². The summed E-state index contributed by atoms with van der Waals surface area (Å²) < 4.78 is 26.4. The van der Waals surface area contributed by atoms with Crippen molar-refractivity contribution in [3.8, 4) is 0 Å². The molecule has 100 valence electrons. The van der Waals surface area contributed by atoms with Crippen molar-refractivity contribution in [2.45, 2.75) is 11.8 Å². The summed E-state index contributed by atoms with van der Waals surface area (Å²) in [6.07, 6.45) is 2.80. The molecule has 0 saturated carbocycles. The van der Waals surface area contributed by atoms with Crippen molar-refractivity contribution in [1.29, 1.82) is 0 Å². The molecule has 1 heterocycles. The molecule has 2 rings (SSSR count). The highest BCUT2D eigenvalue weighted by atomic mass is 32.2. The highest BCUT2D eigenvalue weighted by molar-refractivity contribution is 7.92. The van der Waals surface area contributed by atoms with Gasteiger partial charge < -0.3 is 5.32 Å². The van der Waals surface area contributed by atoms with Crippen molar-refractivity contribution < 1.29 is 13.2 Å². The minimum absolute atomic E-state index is 0.0998. The highest BCUT2D eigenvalue weighted by Crippen LogP contribution is 2.17. The van der Waals surface area contributed by atoms with Crippen molar-refractivity contribution in [2.24, 2.45) is 0 Å². The molecule has 8 heteroatoms. The molecule has 1 amide bonds. The largest absolute Gasteiger partial charge is 0.326 e. The van der Waals surface area contributed by atoms with Gasteiger partial charge in [0.25, 0.3) is 10.0 Å². The van der Waals surface area contributed by atoms with Gasteiger partial charge in [0.05, 0.1) is 16.8 Å². The third-order valence-electron chi connectivity index (χ3n) is 2.24. The summed E-state index contributed by atoms with van der Waals surface area (Å²) in [4.78, 5) is 11.0. The number of sulfonamides is 1. The van der Waals surface area contributed by atoms with E-state index in [-0.39, 0.29) is 10.8 Å². The molecule has 7 nitrogen and oxygen atoms in total. The van der Waals surface area contributed by atoms with Crippen molar-refractivity contribution >= 4 is 27.3 Å². The van der Waals surface area contributed by atoms with Crippen molar-refractivity contribution in [3.63, 3.8) is 0 Å². The molecule has 0 bridgehead atoms. The predicted molar refractivity (Wildman–Crippen MR) is 70.1 cm³/mol. The van der Waals surface area contributed by atoms with E-state index in [0.29, 0.717) is 11.4 Å². The molecule has 1 aromatic carbocycles. The van der Waals surface area contributed by atoms with E-state index in [9.17, 15) is 13.2 Å². The number of amides is 1. The fourth-order valence-electron chi connectivity index (χ4n) is 1.44. The number of benzene rings is 1. The molecule has 1 aromatic heterocycles. The summed E-state index contributed by atoms with van der Waals surface area (Å²) in [7, 11) is -3.65. The summed E-state index contributed by atoms with van der Waals surface area (Å²) >= 11 is 0. The van der Waals surface area contributed by atoms with Gasteiger partial charge in [-0.25, -0.2) is 8.42 Å². The summed E-state index contributed by atoms with van der Waals surface area (Å²) in [5.41, 5.74) is 0.890. The molecular weight excluding hydrogens is 268 g/mol. The van der Waals surface area contributed by atoms with Crippen LogP contribution < -0.4 is 10.0 Å². The Balaban J connectivity index is 2.19. The number of aromatic amines is 1. The van der Waals surface area contributed by atoms with Crippen LogP contribution in [0.1, 0.15) is 6.92 Å². The molecule has 0 aliphatic heterocycles. The Morgan fingerprint density at radius 2 is 1.89 bits per heavy atom. The summed E-state index contributed by atoms with van der Waals surface area (Å²) in [5.74, 6) is -0.216. The summed E-state index contributed by atoms with van der Waals surface area (Å²) in [5, 5.41) is 8.72. The summed E-state index contributed by atoms with van der Waals surface area (Å²) in [6, 6.07) is 5.86. The maximum absolute atomic E-state index is 12.0. The zero-order valence-electron chi connectivity index (χ0n) is 10.0. The Hall–Kier alpha value is -2.35. The Morgan fingerprint density at radius 3 is 2.42 bits per heavy atom. The van der Waals surface area contributed by atoms with Gasteiger partial charge in [-0.15, -0.1) is 0 Å². The quantitative estimate of drug-likeness (QED) is 0.781. The lowest BCUT2D eigenvalue weighted by Gasteiger charge is -2.07. The number of rotatable bonds is 4. The van der Waals surface area contributed by atoms with Crippen LogP contribution in [0.4, 0.5) is 11.4 Å². The molecular formula is C11H12N4O3S. The second kappa shape index (κ2) is 5.11. The van der Waals surface area contributed by atoms with E-state index >= 15 is 0 Å². The van der Waals surface area contributed by atoms with Gasteiger partial charge in [-0.1, -0.05) is 0 Å². The number of aromatic nitrogens is 2. The van der Waals surface area contributed by atoms with E-state index < -0.39 is 10.0 Å². The average Bonchev–Trinajstić information content (AvgIpc) is 2.81. The predicted octanol–water partition coefficient (Wildman–Crippen LogP) is 1.17. The van der Waals surface area contributed by atoms with Gasteiger partial charge in [-0.3, -0.25) is 14.6 Å². The van der Waals surface area contributed by atoms with E-state index in [4.69, 9.17) is 0 Å². The van der Waals surface area contributed by atoms with Crippen LogP contribution in [-0.4, -0.2) is 24.5 Å². The van der Waals surface area contributed by atoms with Gasteiger partial charge in [-0.2, -0.15) is 5.10 Å². The zero-order valence-corrected chi connectivity index (χ0v) is 10.9. The van der Waals surface area contributed by atoms with Crippen LogP contribution in [0.3, 0.4) is 0 Å². The number of hydrogen-bond donors (Lipinski definition) is 3. The van der Waals surface area contributed by atoms with Crippen molar-refractivity contribution in [3.05, 3.63) is 36.7 Å². The second-order valence-electron chi connectivity index (χ2n) is 3.80. The third-order valence-corrected chi connectivity index (χ3v) is 3.63. The Labute approximate surface area is 110 Å². The molecule has 2 aromatic rings. The van der Waals surface area contributed by atoms with E-state index in [1.807, 2.05) is 0 Å². The third kappa shape index (κ3) is 3.32. The lowest BCUT2D eigenvalue weighted by Crippen LogP contribution is -2.12. The fraction of sp³-hybridized carbons (Fsp3) is 0.0909. The van der Waals surface area contributed by atoms with Gasteiger partial charge in [-0.05, 0) is 24.3 Å². The zero-order chi connectivity index (χ0) is 13.9. The van der Waals surface area contributed by atoms with Gasteiger partial charge in [0.1, 0.15) is 0 Å². The first-order valence-electron chi connectivity index (χ1n) is 5.36. The number of carbonyl (C=O) groups is 1. The number of anilines is 2. The van der Waals surface area contributed by atoms with Crippen LogP contribution in [0.2, 0.25) is 0 Å². The second-order valence-corrected chi connectivity index (χ2v) is 5.48. The van der Waals surface area contributed by atoms with Crippen LogP contribution in [0.5, 0.6) is 0 Å². The fourth-order valence-corrected chi connectivity index (χ4v) is 2.48. The Kier molecular flexibility index (Phi) is 3.52. The highest BCUT2D eigenvalue weighted by Gasteiger charge is 2.14. The lowest BCUT2D eigenvalue weighted by atomic mass is 10.3. The van der Waals surface area contributed by atoms with Crippen LogP contribution >= 0.6 is 0 Å². The number of carbonyl (C=O) groups excluding carboxylic acids is 1. The number of nitrogens with one attached hydrogen (secondary N) is 3. The lowest BCUT2D eigenvalue weighted by molar-refractivity contribution is -0.114. The van der Waals surface area contributed by atoms with Crippen LogP contribution in [0.15, 0.2) is 41.6 Å². The van der Waals surface area contributed by atoms with Crippen LogP contribution in [0, 0.1) is 0 Å². The van der Waals surface area contributed by atoms with Gasteiger partial charge in [0, 0.05) is 18.8 Å². The maximum Gasteiger partial charge on any atom is 0.261 e. The van der Waals surface area contributed by atoms with Gasteiger partial charge in [0.2, 0.25) is 5.91 Å². The normalized spacial score (nSPS) is 11.0. The van der Waals surface area contributed by atoms with Crippen molar-refractivity contribution in [1.82, 2.24) is 10.2 Å². The molecule has 0 spiro atoms. The molecule has 0 radical (unpaired) electrons. The molecule has 0 unspecified atom stereocenters. The van der Waals surface area contributed by atoms with Gasteiger partial charge >= 0.3 is 0 Å². The van der Waals surface area contributed by atoms with E-state index in [2.05, 4.69) is 20.2 Å². The summed E-state index contributed by atoms with van der Waals surface area (Å²) in [6.45, 7) is 1.38. The Bertz CT molecular complexity index is 662. The van der Waals surface area contributed by atoms with E-state index in [1.165, 1.54) is 43.6 Å². The topological polar surface area (TPSA) is 104 Å². The molecule has 0 fully saturated rings. The molecule has 0 atom stereocenters. The number of hydrogen-bond acceptors (Lipinski definition) is 4. The smallest absolute Gasteiger partial charge is 0.261 e. The number of nitrogens with zero attached hydrogens (tertiary/aromatic N) is 1. The van der Waals surface area contributed by atoms with E-state index in [0.717, 1.165) is 0 Å². The first-order chi connectivity index (χ1) is 8.97. The monoisotopic (exact) mass is 280 g/mol. The number of H-pyrrole nitrogens is 1. The van der Waals surface area contributed by atoms with Gasteiger partial charge in [0.15, 0.2) is 0 Å². The first-order valence-corrected chi connectivity index (χ1v) is 6.85. The van der Waals surface area contributed by atoms with E-state index in [1.54, 1.807) is 0 Å². The minimum Gasteiger partial charge on any atom is -0.326 e. The van der Waals surface area contributed by atoms with Crippen molar-refractivity contribution in [2.75, 3.05) is 10.0 Å². The SMILES string of the molecule is CC(=O)Nc1ccc(S(=O)(=O)Nc2cn[nH]c2)cc1.